The lowest BCUT2D eigenvalue weighted by molar-refractivity contribution is 0.662. The van der Waals surface area contributed by atoms with Crippen molar-refractivity contribution in [1.29, 1.82) is 5.26 Å². The summed E-state index contributed by atoms with van der Waals surface area (Å²) in [5, 5.41) is 18.6. The van der Waals surface area contributed by atoms with Crippen molar-refractivity contribution in [3.63, 3.8) is 0 Å². The van der Waals surface area contributed by atoms with Crippen molar-refractivity contribution < 1.29 is 8.83 Å². The van der Waals surface area contributed by atoms with Gasteiger partial charge >= 0.3 is 0 Å². The number of furan rings is 2. The van der Waals surface area contributed by atoms with Gasteiger partial charge in [-0.2, -0.15) is 5.26 Å². The predicted octanol–water partition coefficient (Wildman–Crippen LogP) is 19.2. The van der Waals surface area contributed by atoms with Crippen LogP contribution in [0.15, 0.2) is 221 Å². The van der Waals surface area contributed by atoms with Gasteiger partial charge in [0, 0.05) is 50.4 Å². The Morgan fingerprint density at radius 1 is 0.347 bits per heavy atom. The Bertz CT molecular complexity index is 4310. The number of hydrogen-bond acceptors (Lipinski definition) is 5. The van der Waals surface area contributed by atoms with E-state index >= 15 is 0 Å². The summed E-state index contributed by atoms with van der Waals surface area (Å²) in [5.41, 5.74) is 19.0. The molecule has 0 spiro atoms. The van der Waals surface area contributed by atoms with Crippen molar-refractivity contribution in [3.05, 3.63) is 240 Å². The standard InChI is InChI=1S/C67H47N3O2/c1-41-15-11-16-42(2)65(41)69(54-25-13-23-47(31-54)45-19-7-5-8-20-45)56-29-27-49-35-58-60(37-51(49)33-56)71-62-39-53(40-68)67-64(63(58)62)59-36-50-28-30-57(34-52(50)38-61(59)72-67)70(66-43(3)17-12-18-44(66)4)55-26-14-24-48(32-55)46-21-9-6-10-22-46/h5-39H,1-4H3. The molecule has 0 saturated carbocycles. The third-order valence-corrected chi connectivity index (χ3v) is 14.4. The highest BCUT2D eigenvalue weighted by Gasteiger charge is 2.24. The van der Waals surface area contributed by atoms with Gasteiger partial charge in [0.2, 0.25) is 0 Å². The average molecular weight is 926 g/mol. The maximum Gasteiger partial charge on any atom is 0.154 e. The Labute approximate surface area is 417 Å². The summed E-state index contributed by atoms with van der Waals surface area (Å²) >= 11 is 0. The molecule has 5 heteroatoms. The zero-order valence-corrected chi connectivity index (χ0v) is 40.4. The van der Waals surface area contributed by atoms with Crippen molar-refractivity contribution in [3.8, 4) is 28.3 Å². The molecule has 0 N–H and O–H groups in total. The average Bonchev–Trinajstić information content (AvgIpc) is 3.96. The van der Waals surface area contributed by atoms with Crippen LogP contribution >= 0.6 is 0 Å². The molecule has 0 radical (unpaired) electrons. The maximum atomic E-state index is 10.6. The smallest absolute Gasteiger partial charge is 0.154 e. The van der Waals surface area contributed by atoms with E-state index in [9.17, 15) is 5.26 Å². The van der Waals surface area contributed by atoms with Crippen LogP contribution in [0.5, 0.6) is 0 Å². The predicted molar refractivity (Wildman–Crippen MR) is 300 cm³/mol. The van der Waals surface area contributed by atoms with Crippen molar-refractivity contribution in [2.24, 2.45) is 0 Å². The number of rotatable bonds is 8. The van der Waals surface area contributed by atoms with Crippen LogP contribution in [0, 0.1) is 39.0 Å². The number of benzene rings is 11. The van der Waals surface area contributed by atoms with Gasteiger partial charge in [-0.3, -0.25) is 0 Å². The molecule has 5 nitrogen and oxygen atoms in total. The molecule has 0 aliphatic rings. The van der Waals surface area contributed by atoms with Crippen LogP contribution in [0.3, 0.4) is 0 Å². The Hall–Kier alpha value is -9.37. The molecule has 0 aliphatic heterocycles. The zero-order chi connectivity index (χ0) is 48.6. The second kappa shape index (κ2) is 16.9. The van der Waals surface area contributed by atoms with E-state index < -0.39 is 0 Å². The quantitative estimate of drug-likeness (QED) is 0.152. The highest BCUT2D eigenvalue weighted by atomic mass is 16.3. The lowest BCUT2D eigenvalue weighted by atomic mass is 9.98. The Kier molecular flexibility index (Phi) is 10.1. The molecule has 0 fully saturated rings. The fraction of sp³-hybridized carbons (Fsp3) is 0.0597. The van der Waals surface area contributed by atoms with E-state index in [0.29, 0.717) is 22.3 Å². The molecular weight excluding hydrogens is 879 g/mol. The van der Waals surface area contributed by atoms with E-state index in [0.717, 1.165) is 93.9 Å². The molecule has 13 aromatic rings. The second-order valence-electron chi connectivity index (χ2n) is 19.1. The lowest BCUT2D eigenvalue weighted by Crippen LogP contribution is -2.13. The summed E-state index contributed by atoms with van der Waals surface area (Å²) in [4.78, 5) is 4.74. The van der Waals surface area contributed by atoms with Crippen LogP contribution in [-0.2, 0) is 0 Å². The van der Waals surface area contributed by atoms with E-state index in [-0.39, 0.29) is 0 Å². The highest BCUT2D eigenvalue weighted by Crippen LogP contribution is 2.47. The molecule has 0 unspecified atom stereocenters. The van der Waals surface area contributed by atoms with Crippen LogP contribution in [-0.4, -0.2) is 0 Å². The van der Waals surface area contributed by atoms with Crippen LogP contribution in [0.1, 0.15) is 27.8 Å². The summed E-state index contributed by atoms with van der Waals surface area (Å²) in [7, 11) is 0. The fourth-order valence-corrected chi connectivity index (χ4v) is 11.1. The SMILES string of the molecule is Cc1cccc(C)c1N(c1cccc(-c2ccccc2)c1)c1ccc2cc3c(cc2c1)oc1cc(C#N)c2oc4cc5cc(N(c6cccc(-c7ccccc7)c6)c6c(C)cccc6C)ccc5cc4c2c13. The van der Waals surface area contributed by atoms with Crippen molar-refractivity contribution in [1.82, 2.24) is 0 Å². The first-order chi connectivity index (χ1) is 35.3. The molecule has 0 aliphatic carbocycles. The Morgan fingerprint density at radius 3 is 1.26 bits per heavy atom. The highest BCUT2D eigenvalue weighted by molar-refractivity contribution is 6.28. The number of hydrogen-bond donors (Lipinski definition) is 0. The van der Waals surface area contributed by atoms with Crippen LogP contribution < -0.4 is 9.80 Å². The normalized spacial score (nSPS) is 11.6. The number of fused-ring (bicyclic) bond motifs is 9. The molecule has 13 rings (SSSR count). The first-order valence-electron chi connectivity index (χ1n) is 24.4. The van der Waals surface area contributed by atoms with Gasteiger partial charge in [-0.05, 0) is 167 Å². The van der Waals surface area contributed by atoms with Gasteiger partial charge in [0.25, 0.3) is 0 Å². The number of anilines is 6. The number of para-hydroxylation sites is 2. The van der Waals surface area contributed by atoms with Gasteiger partial charge in [0.05, 0.1) is 16.9 Å². The fourth-order valence-electron chi connectivity index (χ4n) is 11.1. The minimum Gasteiger partial charge on any atom is -0.456 e. The minimum atomic E-state index is 0.436. The molecule has 11 aromatic carbocycles. The summed E-state index contributed by atoms with van der Waals surface area (Å²) in [5.74, 6) is 0. The third-order valence-electron chi connectivity index (χ3n) is 14.4. The summed E-state index contributed by atoms with van der Waals surface area (Å²) in [6.07, 6.45) is 0. The largest absolute Gasteiger partial charge is 0.456 e. The van der Waals surface area contributed by atoms with Crippen LogP contribution in [0.2, 0.25) is 0 Å². The Balaban J connectivity index is 0.955. The third kappa shape index (κ3) is 7.07. The summed E-state index contributed by atoms with van der Waals surface area (Å²) in [6.45, 7) is 8.72. The number of nitrogens with zero attached hydrogens (tertiary/aromatic N) is 3. The first kappa shape index (κ1) is 42.7. The van der Waals surface area contributed by atoms with Gasteiger partial charge in [0.15, 0.2) is 5.58 Å². The first-order valence-corrected chi connectivity index (χ1v) is 24.4. The van der Waals surface area contributed by atoms with Gasteiger partial charge in [-0.1, -0.05) is 133 Å². The van der Waals surface area contributed by atoms with E-state index in [1.807, 2.05) is 6.07 Å². The van der Waals surface area contributed by atoms with Gasteiger partial charge in [-0.15, -0.1) is 0 Å². The monoisotopic (exact) mass is 925 g/mol. The molecular formula is C67H47N3O2. The van der Waals surface area contributed by atoms with Crippen LogP contribution in [0.4, 0.5) is 34.1 Å². The minimum absolute atomic E-state index is 0.436. The van der Waals surface area contributed by atoms with E-state index in [1.165, 1.54) is 33.4 Å². The molecule has 2 aromatic heterocycles. The number of nitriles is 1. The second-order valence-corrected chi connectivity index (χ2v) is 19.1. The van der Waals surface area contributed by atoms with E-state index in [2.05, 4.69) is 250 Å². The topological polar surface area (TPSA) is 56.6 Å². The van der Waals surface area contributed by atoms with Gasteiger partial charge < -0.3 is 18.6 Å². The van der Waals surface area contributed by atoms with Crippen molar-refractivity contribution in [2.45, 2.75) is 27.7 Å². The molecule has 0 atom stereocenters. The summed E-state index contributed by atoms with van der Waals surface area (Å²) < 4.78 is 13.5. The molecule has 0 saturated heterocycles. The Morgan fingerprint density at radius 2 is 0.778 bits per heavy atom. The van der Waals surface area contributed by atoms with Gasteiger partial charge in [-0.25, -0.2) is 0 Å². The van der Waals surface area contributed by atoms with E-state index in [4.69, 9.17) is 8.83 Å². The maximum absolute atomic E-state index is 10.6. The molecule has 2 heterocycles. The van der Waals surface area contributed by atoms with Crippen molar-refractivity contribution >= 4 is 99.5 Å². The zero-order valence-electron chi connectivity index (χ0n) is 40.4. The number of aryl methyl sites for hydroxylation is 4. The molecule has 72 heavy (non-hydrogen) atoms. The molecule has 0 amide bonds. The van der Waals surface area contributed by atoms with Gasteiger partial charge in [0.1, 0.15) is 22.8 Å². The molecule has 342 valence electrons. The van der Waals surface area contributed by atoms with Crippen LogP contribution in [0.25, 0.3) is 87.7 Å². The summed E-state index contributed by atoms with van der Waals surface area (Å²) in [6, 6.07) is 77.9. The van der Waals surface area contributed by atoms with E-state index in [1.54, 1.807) is 0 Å². The lowest BCUT2D eigenvalue weighted by Gasteiger charge is -2.29. The molecule has 0 bridgehead atoms. The van der Waals surface area contributed by atoms with Crippen molar-refractivity contribution in [2.75, 3.05) is 9.80 Å².